The molecular formula is C28H23BrN2O4. The maximum absolute atomic E-state index is 13.7. The highest BCUT2D eigenvalue weighted by molar-refractivity contribution is 9.10. The van der Waals surface area contributed by atoms with Crippen molar-refractivity contribution >= 4 is 50.0 Å². The quantitative estimate of drug-likeness (QED) is 0.304. The predicted molar refractivity (Wildman–Crippen MR) is 140 cm³/mol. The number of aliphatic hydroxyl groups is 1. The van der Waals surface area contributed by atoms with Crippen molar-refractivity contribution in [1.82, 2.24) is 0 Å². The molecule has 1 amide bonds. The van der Waals surface area contributed by atoms with Gasteiger partial charge < -0.3 is 14.4 Å². The van der Waals surface area contributed by atoms with Gasteiger partial charge in [-0.1, -0.05) is 40.2 Å². The van der Waals surface area contributed by atoms with Crippen LogP contribution in [0.3, 0.4) is 0 Å². The minimum atomic E-state index is -0.812. The fraction of sp³-hybridized carbons (Fsp3) is 0.143. The number of hydrogen-bond acceptors (Lipinski definition) is 5. The Hall–Kier alpha value is -3.84. The number of Topliss-reactive ketones (excluding diaryl/α,β-unsaturated/α-hetero) is 1. The van der Waals surface area contributed by atoms with Crippen LogP contribution in [0.5, 0.6) is 0 Å². The average molecular weight is 531 g/mol. The third-order valence-corrected chi connectivity index (χ3v) is 6.65. The number of anilines is 2. The molecular weight excluding hydrogens is 508 g/mol. The van der Waals surface area contributed by atoms with Crippen molar-refractivity contribution in [1.29, 1.82) is 0 Å². The number of nitrogens with zero attached hydrogens (tertiary/aromatic N) is 2. The Morgan fingerprint density at radius 1 is 1.03 bits per heavy atom. The number of aryl methyl sites for hydroxylation is 1. The van der Waals surface area contributed by atoms with Crippen LogP contribution in [0.4, 0.5) is 11.4 Å². The Kier molecular flexibility index (Phi) is 5.73. The van der Waals surface area contributed by atoms with Gasteiger partial charge in [-0.05, 0) is 66.6 Å². The summed E-state index contributed by atoms with van der Waals surface area (Å²) in [6.07, 6.45) is 0. The third kappa shape index (κ3) is 4.02. The molecule has 0 bridgehead atoms. The number of fused-ring (bicyclic) bond motifs is 1. The number of aliphatic hydroxyl groups excluding tert-OH is 1. The van der Waals surface area contributed by atoms with E-state index in [9.17, 15) is 14.7 Å². The summed E-state index contributed by atoms with van der Waals surface area (Å²) in [5.74, 6) is -1.66. The number of amides is 1. The van der Waals surface area contributed by atoms with E-state index in [-0.39, 0.29) is 11.3 Å². The smallest absolute Gasteiger partial charge is 0.294 e. The average Bonchev–Trinajstić information content (AvgIpc) is 3.37. The monoisotopic (exact) mass is 530 g/mol. The molecule has 35 heavy (non-hydrogen) atoms. The lowest BCUT2D eigenvalue weighted by Gasteiger charge is -2.27. The molecule has 0 saturated heterocycles. The van der Waals surface area contributed by atoms with Crippen molar-refractivity contribution in [2.45, 2.75) is 13.0 Å². The van der Waals surface area contributed by atoms with E-state index in [0.29, 0.717) is 16.8 Å². The van der Waals surface area contributed by atoms with Gasteiger partial charge >= 0.3 is 0 Å². The summed E-state index contributed by atoms with van der Waals surface area (Å²) in [7, 11) is 3.88. The molecule has 1 aliphatic heterocycles. The van der Waals surface area contributed by atoms with Crippen LogP contribution >= 0.6 is 15.9 Å². The molecule has 0 fully saturated rings. The zero-order valence-electron chi connectivity index (χ0n) is 19.4. The van der Waals surface area contributed by atoms with Gasteiger partial charge in [0.25, 0.3) is 5.91 Å². The number of furan rings is 1. The van der Waals surface area contributed by atoms with Crippen LogP contribution in [0, 0.1) is 6.92 Å². The van der Waals surface area contributed by atoms with Crippen LogP contribution in [0.15, 0.2) is 93.0 Å². The fourth-order valence-electron chi connectivity index (χ4n) is 4.41. The highest BCUT2D eigenvalue weighted by Crippen LogP contribution is 2.43. The summed E-state index contributed by atoms with van der Waals surface area (Å²) in [6.45, 7) is 1.93. The number of carbonyl (C=O) groups excluding carboxylic acids is 2. The summed E-state index contributed by atoms with van der Waals surface area (Å²) in [5, 5.41) is 11.7. The zero-order valence-corrected chi connectivity index (χ0v) is 21.0. The van der Waals surface area contributed by atoms with Gasteiger partial charge in [-0.15, -0.1) is 0 Å². The van der Waals surface area contributed by atoms with Crippen LogP contribution in [-0.2, 0) is 4.79 Å². The summed E-state index contributed by atoms with van der Waals surface area (Å²) in [4.78, 5) is 30.5. The van der Waals surface area contributed by atoms with Crippen LogP contribution < -0.4 is 9.80 Å². The highest BCUT2D eigenvalue weighted by atomic mass is 79.9. The fourth-order valence-corrected chi connectivity index (χ4v) is 4.79. The van der Waals surface area contributed by atoms with Gasteiger partial charge in [-0.25, -0.2) is 0 Å². The van der Waals surface area contributed by atoms with Crippen LogP contribution in [0.25, 0.3) is 11.0 Å². The van der Waals surface area contributed by atoms with Gasteiger partial charge in [0.15, 0.2) is 11.5 Å². The van der Waals surface area contributed by atoms with Crippen LogP contribution in [0.2, 0.25) is 0 Å². The van der Waals surface area contributed by atoms with Crippen LogP contribution in [0.1, 0.15) is 27.7 Å². The first-order chi connectivity index (χ1) is 16.7. The zero-order chi connectivity index (χ0) is 24.9. The van der Waals surface area contributed by atoms with E-state index >= 15 is 0 Å². The molecule has 0 saturated carbocycles. The molecule has 1 aliphatic rings. The molecule has 1 aromatic heterocycles. The second kappa shape index (κ2) is 8.74. The highest BCUT2D eigenvalue weighted by Gasteiger charge is 2.45. The lowest BCUT2D eigenvalue weighted by molar-refractivity contribution is -0.117. The Morgan fingerprint density at radius 3 is 2.46 bits per heavy atom. The van der Waals surface area contributed by atoms with E-state index in [1.54, 1.807) is 18.2 Å². The van der Waals surface area contributed by atoms with E-state index in [4.69, 9.17) is 4.42 Å². The number of rotatable bonds is 5. The Labute approximate surface area is 211 Å². The molecule has 0 radical (unpaired) electrons. The molecule has 1 unspecified atom stereocenters. The normalized spacial score (nSPS) is 15.8. The van der Waals surface area contributed by atoms with Crippen molar-refractivity contribution in [3.63, 3.8) is 0 Å². The Bertz CT molecular complexity index is 1500. The standard InChI is InChI=1S/C28H23BrN2O4/c1-16-5-4-6-21(13-16)31-25(17-7-10-20(11-8-17)30(2)3)24(27(33)28(31)34)26(32)23-15-18-14-19(29)9-12-22(18)35-23/h4-15,25,33H,1-3H3. The van der Waals surface area contributed by atoms with Gasteiger partial charge in [-0.3, -0.25) is 14.5 Å². The Balaban J connectivity index is 1.65. The molecule has 6 nitrogen and oxygen atoms in total. The molecule has 0 aliphatic carbocycles. The first kappa shape index (κ1) is 22.9. The molecule has 5 rings (SSSR count). The molecule has 7 heteroatoms. The van der Waals surface area contributed by atoms with Gasteiger partial charge in [0, 0.05) is 35.3 Å². The summed E-state index contributed by atoms with van der Waals surface area (Å²) in [5.41, 5.74) is 3.77. The first-order valence-electron chi connectivity index (χ1n) is 11.1. The number of carbonyl (C=O) groups is 2. The van der Waals surface area contributed by atoms with E-state index in [0.717, 1.165) is 21.1 Å². The lowest BCUT2D eigenvalue weighted by Crippen LogP contribution is -2.31. The van der Waals surface area contributed by atoms with E-state index in [1.165, 1.54) is 4.90 Å². The molecule has 0 spiro atoms. The van der Waals surface area contributed by atoms with Crippen LogP contribution in [-0.4, -0.2) is 30.9 Å². The number of ketones is 1. The summed E-state index contributed by atoms with van der Waals surface area (Å²) < 4.78 is 6.68. The minimum absolute atomic E-state index is 0.00719. The maximum atomic E-state index is 13.7. The molecule has 3 aromatic carbocycles. The number of halogens is 1. The van der Waals surface area contributed by atoms with Gasteiger partial charge in [-0.2, -0.15) is 0 Å². The largest absolute Gasteiger partial charge is 0.503 e. The first-order valence-corrected chi connectivity index (χ1v) is 11.9. The number of hydrogen-bond donors (Lipinski definition) is 1. The lowest BCUT2D eigenvalue weighted by atomic mass is 9.94. The predicted octanol–water partition coefficient (Wildman–Crippen LogP) is 6.35. The van der Waals surface area contributed by atoms with Gasteiger partial charge in [0.1, 0.15) is 5.58 Å². The maximum Gasteiger partial charge on any atom is 0.294 e. The minimum Gasteiger partial charge on any atom is -0.503 e. The third-order valence-electron chi connectivity index (χ3n) is 6.16. The van der Waals surface area contributed by atoms with Crippen molar-refractivity contribution < 1.29 is 19.1 Å². The molecule has 176 valence electrons. The van der Waals surface area contributed by atoms with Crippen molar-refractivity contribution in [2.75, 3.05) is 23.9 Å². The molecule has 2 heterocycles. The Morgan fingerprint density at radius 2 is 1.77 bits per heavy atom. The molecule has 1 N–H and O–H groups in total. The van der Waals surface area contributed by atoms with Crippen molar-refractivity contribution in [2.24, 2.45) is 0 Å². The van der Waals surface area contributed by atoms with Crippen molar-refractivity contribution in [3.05, 3.63) is 105 Å². The topological polar surface area (TPSA) is 74.0 Å². The second-order valence-electron chi connectivity index (χ2n) is 8.79. The van der Waals surface area contributed by atoms with E-state index in [2.05, 4.69) is 15.9 Å². The van der Waals surface area contributed by atoms with E-state index < -0.39 is 23.5 Å². The van der Waals surface area contributed by atoms with Gasteiger partial charge in [0.2, 0.25) is 5.78 Å². The molecule has 4 aromatic rings. The van der Waals surface area contributed by atoms with Crippen molar-refractivity contribution in [3.8, 4) is 0 Å². The number of benzene rings is 3. The van der Waals surface area contributed by atoms with Gasteiger partial charge in [0.05, 0.1) is 11.6 Å². The summed E-state index contributed by atoms with van der Waals surface area (Å²) >= 11 is 3.43. The van der Waals surface area contributed by atoms with E-state index in [1.807, 2.05) is 80.5 Å². The second-order valence-corrected chi connectivity index (χ2v) is 9.70. The molecule has 1 atom stereocenters. The summed E-state index contributed by atoms with van der Waals surface area (Å²) in [6, 6.07) is 21.3. The SMILES string of the molecule is Cc1cccc(N2C(=O)C(O)=C(C(=O)c3cc4cc(Br)ccc4o3)C2c2ccc(N(C)C)cc2)c1.